The molecule has 1 atom stereocenters. The van der Waals surface area contributed by atoms with Crippen molar-refractivity contribution in [3.05, 3.63) is 35.9 Å². The molecule has 0 amide bonds. The van der Waals surface area contributed by atoms with Gasteiger partial charge < -0.3 is 19.9 Å². The summed E-state index contributed by atoms with van der Waals surface area (Å²) in [7, 11) is 1.65. The molecule has 0 saturated carbocycles. The number of methoxy groups -OCH3 is 1. The average Bonchev–Trinajstić information content (AvgIpc) is 2.50. The normalized spacial score (nSPS) is 12.2. The molecule has 1 unspecified atom stereocenters. The van der Waals surface area contributed by atoms with Crippen molar-refractivity contribution in [1.82, 2.24) is 5.32 Å². The number of carboxylic acids is 1. The molecule has 1 aromatic carbocycles. The minimum absolute atomic E-state index is 0.448. The summed E-state index contributed by atoms with van der Waals surface area (Å²) < 4.78 is 10.2. The molecule has 118 valence electrons. The van der Waals surface area contributed by atoms with E-state index in [1.165, 1.54) is 0 Å². The van der Waals surface area contributed by atoms with Gasteiger partial charge in [-0.15, -0.1) is 0 Å². The summed E-state index contributed by atoms with van der Waals surface area (Å²) >= 11 is 0. The monoisotopic (exact) mass is 295 g/mol. The molecule has 21 heavy (non-hydrogen) atoms. The number of hydrogen-bond donors (Lipinski definition) is 2. The number of hydrogen-bond acceptors (Lipinski definition) is 4. The molecule has 0 saturated heterocycles. The number of ether oxygens (including phenoxy) is 2. The zero-order chi connectivity index (χ0) is 15.3. The summed E-state index contributed by atoms with van der Waals surface area (Å²) in [4.78, 5) is 11.3. The van der Waals surface area contributed by atoms with E-state index in [0.717, 1.165) is 24.9 Å². The number of nitrogens with one attached hydrogen (secondary N) is 1. The van der Waals surface area contributed by atoms with Gasteiger partial charge >= 0.3 is 5.97 Å². The number of aliphatic carboxylic acids is 1. The predicted octanol–water partition coefficient (Wildman–Crippen LogP) is 1.89. The van der Waals surface area contributed by atoms with Crippen LogP contribution in [-0.2, 0) is 14.3 Å². The Balaban J connectivity index is 2.13. The summed E-state index contributed by atoms with van der Waals surface area (Å²) in [6.07, 6.45) is 1.92. The van der Waals surface area contributed by atoms with Crippen LogP contribution in [0.15, 0.2) is 30.3 Å². The van der Waals surface area contributed by atoms with E-state index < -0.39 is 11.9 Å². The third-order valence-electron chi connectivity index (χ3n) is 3.17. The Bertz CT molecular complexity index is 383. The molecule has 0 heterocycles. The minimum Gasteiger partial charge on any atom is -0.481 e. The lowest BCUT2D eigenvalue weighted by Crippen LogP contribution is -2.27. The molecule has 0 aliphatic carbocycles. The fourth-order valence-electron chi connectivity index (χ4n) is 1.98. The molecular weight excluding hydrogens is 270 g/mol. The fourth-order valence-corrected chi connectivity index (χ4v) is 1.98. The number of carboxylic acid groups (broad SMARTS) is 1. The first-order chi connectivity index (χ1) is 10.3. The average molecular weight is 295 g/mol. The van der Waals surface area contributed by atoms with Crippen LogP contribution in [0.3, 0.4) is 0 Å². The molecule has 2 N–H and O–H groups in total. The van der Waals surface area contributed by atoms with Crippen LogP contribution < -0.4 is 5.32 Å². The first-order valence-corrected chi connectivity index (χ1v) is 7.31. The van der Waals surface area contributed by atoms with E-state index in [2.05, 4.69) is 5.32 Å². The van der Waals surface area contributed by atoms with Gasteiger partial charge in [-0.2, -0.15) is 0 Å². The van der Waals surface area contributed by atoms with Crippen LogP contribution in [0, 0.1) is 0 Å². The lowest BCUT2D eigenvalue weighted by atomic mass is 9.99. The van der Waals surface area contributed by atoms with E-state index in [0.29, 0.717) is 26.4 Å². The predicted molar refractivity (Wildman–Crippen MR) is 81.6 cm³/mol. The molecular formula is C16H25NO4. The van der Waals surface area contributed by atoms with E-state index in [1.807, 2.05) is 30.3 Å². The Morgan fingerprint density at radius 2 is 1.95 bits per heavy atom. The van der Waals surface area contributed by atoms with Gasteiger partial charge in [-0.05, 0) is 24.9 Å². The first kappa shape index (κ1) is 17.6. The lowest BCUT2D eigenvalue weighted by Gasteiger charge is -2.13. The molecule has 1 rings (SSSR count). The molecule has 0 spiro atoms. The Morgan fingerprint density at radius 3 is 2.62 bits per heavy atom. The second kappa shape index (κ2) is 11.3. The van der Waals surface area contributed by atoms with Gasteiger partial charge in [0.15, 0.2) is 0 Å². The zero-order valence-corrected chi connectivity index (χ0v) is 12.6. The van der Waals surface area contributed by atoms with E-state index in [9.17, 15) is 9.90 Å². The maximum atomic E-state index is 11.3. The fraction of sp³-hybridized carbons (Fsp3) is 0.562. The second-order valence-corrected chi connectivity index (χ2v) is 4.82. The van der Waals surface area contributed by atoms with Crippen molar-refractivity contribution in [1.29, 1.82) is 0 Å². The quantitative estimate of drug-likeness (QED) is 0.576. The number of unbranched alkanes of at least 4 members (excludes halogenated alkanes) is 1. The maximum Gasteiger partial charge on any atom is 0.312 e. The molecule has 0 fully saturated rings. The van der Waals surface area contributed by atoms with Gasteiger partial charge in [0.2, 0.25) is 0 Å². The van der Waals surface area contributed by atoms with E-state index in [1.54, 1.807) is 7.11 Å². The van der Waals surface area contributed by atoms with Crippen LogP contribution in [0.5, 0.6) is 0 Å². The van der Waals surface area contributed by atoms with Crippen molar-refractivity contribution in [3.63, 3.8) is 0 Å². The SMILES string of the molecule is COCCOCCCCNCC(C(=O)O)c1ccccc1. The molecule has 0 radical (unpaired) electrons. The number of carbonyl (C=O) groups is 1. The lowest BCUT2D eigenvalue weighted by molar-refractivity contribution is -0.138. The van der Waals surface area contributed by atoms with Crippen LogP contribution in [0.1, 0.15) is 24.3 Å². The highest BCUT2D eigenvalue weighted by molar-refractivity contribution is 5.76. The standard InChI is InChI=1S/C16H25NO4/c1-20-11-12-21-10-6-5-9-17-13-15(16(18)19)14-7-3-2-4-8-14/h2-4,7-8,15,17H,5-6,9-13H2,1H3,(H,18,19). The number of benzene rings is 1. The molecule has 5 nitrogen and oxygen atoms in total. The van der Waals surface area contributed by atoms with Crippen LogP contribution >= 0.6 is 0 Å². The van der Waals surface area contributed by atoms with Crippen LogP contribution in [0.25, 0.3) is 0 Å². The van der Waals surface area contributed by atoms with Gasteiger partial charge in [0.1, 0.15) is 0 Å². The first-order valence-electron chi connectivity index (χ1n) is 7.31. The minimum atomic E-state index is -0.795. The molecule has 1 aromatic rings. The molecule has 0 aliphatic rings. The van der Waals surface area contributed by atoms with Gasteiger partial charge in [-0.1, -0.05) is 30.3 Å². The van der Waals surface area contributed by atoms with Crippen LogP contribution in [0.4, 0.5) is 0 Å². The maximum absolute atomic E-state index is 11.3. The number of rotatable bonds is 12. The Morgan fingerprint density at radius 1 is 1.19 bits per heavy atom. The zero-order valence-electron chi connectivity index (χ0n) is 12.6. The largest absolute Gasteiger partial charge is 0.481 e. The van der Waals surface area contributed by atoms with Crippen LogP contribution in [0.2, 0.25) is 0 Å². The van der Waals surface area contributed by atoms with Gasteiger partial charge in [0.25, 0.3) is 0 Å². The van der Waals surface area contributed by atoms with Gasteiger partial charge in [-0.25, -0.2) is 0 Å². The van der Waals surface area contributed by atoms with Crippen molar-refractivity contribution in [2.45, 2.75) is 18.8 Å². The van der Waals surface area contributed by atoms with Gasteiger partial charge in [-0.3, -0.25) is 4.79 Å². The molecule has 5 heteroatoms. The summed E-state index contributed by atoms with van der Waals surface area (Å²) in [6.45, 7) is 3.20. The van der Waals surface area contributed by atoms with Crippen molar-refractivity contribution in [2.24, 2.45) is 0 Å². The summed E-state index contributed by atoms with van der Waals surface area (Å²) in [5, 5.41) is 12.5. The van der Waals surface area contributed by atoms with Crippen LogP contribution in [-0.4, -0.2) is 51.1 Å². The van der Waals surface area contributed by atoms with E-state index >= 15 is 0 Å². The Labute approximate surface area is 126 Å². The molecule has 0 aromatic heterocycles. The van der Waals surface area contributed by atoms with Crippen molar-refractivity contribution >= 4 is 5.97 Å². The smallest absolute Gasteiger partial charge is 0.312 e. The summed E-state index contributed by atoms with van der Waals surface area (Å²) in [5.74, 6) is -1.29. The van der Waals surface area contributed by atoms with Gasteiger partial charge in [0, 0.05) is 20.3 Å². The van der Waals surface area contributed by atoms with E-state index in [-0.39, 0.29) is 0 Å². The van der Waals surface area contributed by atoms with E-state index in [4.69, 9.17) is 9.47 Å². The Hall–Kier alpha value is -1.43. The highest BCUT2D eigenvalue weighted by Crippen LogP contribution is 2.14. The van der Waals surface area contributed by atoms with Crippen molar-refractivity contribution in [3.8, 4) is 0 Å². The molecule has 0 aliphatic heterocycles. The van der Waals surface area contributed by atoms with Crippen molar-refractivity contribution in [2.75, 3.05) is 40.0 Å². The highest BCUT2D eigenvalue weighted by atomic mass is 16.5. The highest BCUT2D eigenvalue weighted by Gasteiger charge is 2.18. The second-order valence-electron chi connectivity index (χ2n) is 4.82. The molecule has 0 bridgehead atoms. The summed E-state index contributed by atoms with van der Waals surface area (Å²) in [5.41, 5.74) is 0.834. The van der Waals surface area contributed by atoms with Crippen molar-refractivity contribution < 1.29 is 19.4 Å². The third-order valence-corrected chi connectivity index (χ3v) is 3.17. The topological polar surface area (TPSA) is 67.8 Å². The summed E-state index contributed by atoms with van der Waals surface area (Å²) in [6, 6.07) is 9.32. The third kappa shape index (κ3) is 7.80. The van der Waals surface area contributed by atoms with Gasteiger partial charge in [0.05, 0.1) is 19.1 Å². The Kier molecular flexibility index (Phi) is 9.44.